The van der Waals surface area contributed by atoms with Crippen LogP contribution in [0.4, 0.5) is 0 Å². The Labute approximate surface area is 288 Å². The molecule has 272 valence electrons. The van der Waals surface area contributed by atoms with E-state index < -0.39 is 65.9 Å². The number of aromatic hydroxyl groups is 2. The van der Waals surface area contributed by atoms with Crippen LogP contribution in [0.3, 0.4) is 0 Å². The van der Waals surface area contributed by atoms with Gasteiger partial charge < -0.3 is 64.6 Å². The van der Waals surface area contributed by atoms with Crippen molar-refractivity contribution in [3.05, 3.63) is 47.5 Å². The van der Waals surface area contributed by atoms with Crippen molar-refractivity contribution in [1.82, 2.24) is 31.5 Å². The van der Waals surface area contributed by atoms with Gasteiger partial charge in [-0.3, -0.25) is 28.8 Å². The van der Waals surface area contributed by atoms with Crippen molar-refractivity contribution in [2.45, 2.75) is 62.6 Å². The van der Waals surface area contributed by atoms with Gasteiger partial charge in [0.2, 0.25) is 23.6 Å². The smallest absolute Gasteiger partial charge is 0.258 e. The quantitative estimate of drug-likeness (QED) is 0.0729. The van der Waals surface area contributed by atoms with Crippen LogP contribution in [0.25, 0.3) is 11.1 Å². The molecule has 18 nitrogen and oxygen atoms in total. The molecule has 0 aliphatic carbocycles. The Hall–Kier alpha value is -5.30. The number of likely N-dealkylation sites (N-methyl/N-ethyl adjacent to an activating group) is 1. The highest BCUT2D eigenvalue weighted by Crippen LogP contribution is 2.38. The van der Waals surface area contributed by atoms with Gasteiger partial charge in [0.25, 0.3) is 11.8 Å². The number of nitrogens with two attached hydrogens (primary N) is 4. The summed E-state index contributed by atoms with van der Waals surface area (Å²) in [6.45, 7) is 0.724. The van der Waals surface area contributed by atoms with Crippen LogP contribution in [0.2, 0.25) is 0 Å². The number of nitrogens with one attached hydrogen (secondary N) is 5. The predicted molar refractivity (Wildman–Crippen MR) is 181 cm³/mol. The molecule has 0 unspecified atom stereocenters. The number of unbranched alkanes of at least 4 members (excludes halogenated alkanes) is 1. The fourth-order valence-electron chi connectivity index (χ4n) is 5.37. The highest BCUT2D eigenvalue weighted by atomic mass is 16.3. The molecular formula is C32H46N10O8. The van der Waals surface area contributed by atoms with E-state index in [0.29, 0.717) is 31.5 Å². The van der Waals surface area contributed by atoms with Gasteiger partial charge >= 0.3 is 0 Å². The first-order valence-electron chi connectivity index (χ1n) is 16.0. The topological polar surface area (TPSA) is 310 Å². The Balaban J connectivity index is 2.13. The molecule has 0 fully saturated rings. The molecule has 0 radical (unpaired) electrons. The lowest BCUT2D eigenvalue weighted by Crippen LogP contribution is -2.61. The van der Waals surface area contributed by atoms with Crippen molar-refractivity contribution in [2.75, 3.05) is 27.2 Å². The molecule has 2 aromatic rings. The largest absolute Gasteiger partial charge is 0.507 e. The highest BCUT2D eigenvalue weighted by molar-refractivity contribution is 5.97. The van der Waals surface area contributed by atoms with Crippen molar-refractivity contribution in [3.63, 3.8) is 0 Å². The number of fused-ring (bicyclic) bond motifs is 5. The van der Waals surface area contributed by atoms with Gasteiger partial charge in [-0.2, -0.15) is 0 Å². The van der Waals surface area contributed by atoms with E-state index in [2.05, 4.69) is 26.6 Å². The first-order valence-corrected chi connectivity index (χ1v) is 16.0. The number of amides is 6. The number of carbonyl (C=O) groups is 6. The molecule has 2 aromatic carbocycles. The summed E-state index contributed by atoms with van der Waals surface area (Å²) in [6.07, 6.45) is -2.17. The summed E-state index contributed by atoms with van der Waals surface area (Å²) in [5.41, 5.74) is 23.2. The van der Waals surface area contributed by atoms with E-state index in [4.69, 9.17) is 22.9 Å². The zero-order valence-corrected chi connectivity index (χ0v) is 27.9. The summed E-state index contributed by atoms with van der Waals surface area (Å²) in [6, 6.07) is 4.36. The number of hydrogen-bond donors (Lipinski definition) is 11. The zero-order chi connectivity index (χ0) is 37.1. The maximum absolute atomic E-state index is 14.0. The second-order valence-electron chi connectivity index (χ2n) is 11.9. The van der Waals surface area contributed by atoms with Gasteiger partial charge in [0, 0.05) is 37.6 Å². The predicted octanol–water partition coefficient (Wildman–Crippen LogP) is -3.18. The molecule has 0 saturated heterocycles. The number of carbonyl (C=O) groups excluding carboxylic acids is 6. The summed E-state index contributed by atoms with van der Waals surface area (Å²) in [7, 11) is 3.02. The van der Waals surface area contributed by atoms with Gasteiger partial charge in [0.05, 0.1) is 0 Å². The molecule has 1 aliphatic rings. The monoisotopic (exact) mass is 698 g/mol. The average molecular weight is 699 g/mol. The van der Waals surface area contributed by atoms with E-state index in [1.54, 1.807) is 7.05 Å². The Morgan fingerprint density at radius 2 is 1.64 bits per heavy atom. The zero-order valence-electron chi connectivity index (χ0n) is 27.9. The molecule has 0 aromatic heterocycles. The summed E-state index contributed by atoms with van der Waals surface area (Å²) in [4.78, 5) is 79.6. The van der Waals surface area contributed by atoms with Gasteiger partial charge in [0.15, 0.2) is 12.3 Å². The van der Waals surface area contributed by atoms with Crippen LogP contribution >= 0.6 is 0 Å². The summed E-state index contributed by atoms with van der Waals surface area (Å²) >= 11 is 0. The standard InChI is InChI=1S/C32H46N10O8/c1-37-12-10-24(45)38-20(5-3-4-11-33)32(50)42(2)25-17-7-9-23(44)19(15-17)18-13-16(6-8-22(18)43)14-21(29(47)40-26(34)28(36)46)39-31(49)27(35)41-30(25)48/h6-9,13,15,20-21,25-27,37,43-44H,3-5,10-12,14,33-35H2,1-2H3,(H2,36,46)(H,38,45)(H,39,49)(H,40,47)(H,41,48)/t20-,21-,25-,26+,27+/m0/s1. The van der Waals surface area contributed by atoms with E-state index in [9.17, 15) is 39.0 Å². The number of phenols is 2. The highest BCUT2D eigenvalue weighted by Gasteiger charge is 2.36. The van der Waals surface area contributed by atoms with E-state index >= 15 is 0 Å². The fourth-order valence-corrected chi connectivity index (χ4v) is 5.37. The Morgan fingerprint density at radius 3 is 2.28 bits per heavy atom. The molecule has 3 rings (SSSR count). The summed E-state index contributed by atoms with van der Waals surface area (Å²) in [5.74, 6) is -5.47. The number of hydrogen-bond acceptors (Lipinski definition) is 12. The molecule has 0 saturated carbocycles. The Morgan fingerprint density at radius 1 is 0.980 bits per heavy atom. The van der Waals surface area contributed by atoms with Gasteiger partial charge in [-0.05, 0) is 68.2 Å². The molecule has 50 heavy (non-hydrogen) atoms. The lowest BCUT2D eigenvalue weighted by molar-refractivity contribution is -0.143. The molecule has 6 amide bonds. The number of nitrogens with zero attached hydrogens (tertiary/aromatic N) is 1. The molecule has 18 heteroatoms. The van der Waals surface area contributed by atoms with E-state index in [0.717, 1.165) is 4.90 Å². The van der Waals surface area contributed by atoms with Crippen LogP contribution < -0.4 is 49.5 Å². The minimum absolute atomic E-state index is 0.0718. The van der Waals surface area contributed by atoms with E-state index in [1.165, 1.54) is 43.4 Å². The number of rotatable bonds is 13. The van der Waals surface area contributed by atoms with Gasteiger partial charge in [0.1, 0.15) is 29.6 Å². The lowest BCUT2D eigenvalue weighted by Gasteiger charge is -2.32. The van der Waals surface area contributed by atoms with Crippen LogP contribution in [0.5, 0.6) is 11.5 Å². The van der Waals surface area contributed by atoms with Crippen molar-refractivity contribution in [3.8, 4) is 22.6 Å². The Kier molecular flexibility index (Phi) is 14.0. The van der Waals surface area contributed by atoms with Crippen molar-refractivity contribution in [2.24, 2.45) is 22.9 Å². The molecule has 4 bridgehead atoms. The van der Waals surface area contributed by atoms with Crippen LogP contribution in [0.15, 0.2) is 36.4 Å². The molecular weight excluding hydrogens is 652 g/mol. The maximum Gasteiger partial charge on any atom is 0.258 e. The molecule has 1 aliphatic heterocycles. The van der Waals surface area contributed by atoms with Gasteiger partial charge in [-0.1, -0.05) is 12.1 Å². The third-order valence-corrected chi connectivity index (χ3v) is 8.11. The fraction of sp³-hybridized carbons (Fsp3) is 0.438. The van der Waals surface area contributed by atoms with Crippen LogP contribution in [0.1, 0.15) is 42.9 Å². The third kappa shape index (κ3) is 10.1. The third-order valence-electron chi connectivity index (χ3n) is 8.11. The van der Waals surface area contributed by atoms with Crippen LogP contribution in [-0.4, -0.2) is 102 Å². The van der Waals surface area contributed by atoms with Gasteiger partial charge in [-0.25, -0.2) is 0 Å². The van der Waals surface area contributed by atoms with Crippen molar-refractivity contribution < 1.29 is 39.0 Å². The first-order chi connectivity index (χ1) is 23.7. The summed E-state index contributed by atoms with van der Waals surface area (Å²) < 4.78 is 0. The van der Waals surface area contributed by atoms with Gasteiger partial charge in [-0.15, -0.1) is 0 Å². The normalized spacial score (nSPS) is 18.8. The number of benzene rings is 2. The molecule has 0 spiro atoms. The number of primary amides is 1. The maximum atomic E-state index is 14.0. The van der Waals surface area contributed by atoms with E-state index in [1.807, 2.05) is 0 Å². The van der Waals surface area contributed by atoms with E-state index in [-0.39, 0.29) is 47.5 Å². The Bertz CT molecular complexity index is 1590. The first kappa shape index (κ1) is 39.1. The summed E-state index contributed by atoms with van der Waals surface area (Å²) in [5, 5.41) is 34.3. The molecule has 5 atom stereocenters. The second kappa shape index (κ2) is 17.9. The second-order valence-corrected chi connectivity index (χ2v) is 11.9. The lowest BCUT2D eigenvalue weighted by atomic mass is 9.93. The molecule has 15 N–H and O–H groups in total. The molecule has 1 heterocycles. The van der Waals surface area contributed by atoms with Crippen molar-refractivity contribution in [1.29, 1.82) is 0 Å². The number of phenolic OH excluding ortho intramolecular Hbond substituents is 2. The minimum atomic E-state index is -1.75. The van der Waals surface area contributed by atoms with Crippen LogP contribution in [0, 0.1) is 0 Å². The SMILES string of the molecule is CNCCC(=O)N[C@@H](CCCCN)C(=O)N(C)[C@@H]1C(=O)N[C@@H](N)C(=O)N[C@H](C(=O)N[C@@H](N)C(N)=O)Cc2ccc(O)c(c2)-c2cc1ccc2O. The van der Waals surface area contributed by atoms with Crippen LogP contribution in [-0.2, 0) is 35.2 Å². The van der Waals surface area contributed by atoms with Crippen molar-refractivity contribution >= 4 is 35.4 Å². The minimum Gasteiger partial charge on any atom is -0.507 e. The average Bonchev–Trinajstić information content (AvgIpc) is 3.07.